The third-order valence-corrected chi connectivity index (χ3v) is 5.94. The van der Waals surface area contributed by atoms with Crippen molar-refractivity contribution in [1.82, 2.24) is 4.90 Å². The summed E-state index contributed by atoms with van der Waals surface area (Å²) in [5, 5.41) is -0.429. The Morgan fingerprint density at radius 3 is 2.43 bits per heavy atom. The number of sulfone groups is 1. The first-order valence-electron chi connectivity index (χ1n) is 7.37. The summed E-state index contributed by atoms with van der Waals surface area (Å²) in [5.41, 5.74) is 5.47. The van der Waals surface area contributed by atoms with Crippen LogP contribution in [0, 0.1) is 5.92 Å². The molecule has 0 aromatic heterocycles. The number of ether oxygens (including phenoxy) is 1. The Morgan fingerprint density at radius 1 is 1.38 bits per heavy atom. The van der Waals surface area contributed by atoms with Crippen molar-refractivity contribution in [3.8, 4) is 0 Å². The van der Waals surface area contributed by atoms with E-state index in [0.717, 1.165) is 0 Å². The average Bonchev–Trinajstić information content (AvgIpc) is 2.29. The summed E-state index contributed by atoms with van der Waals surface area (Å²) in [6, 6.07) is -0.197. The van der Waals surface area contributed by atoms with E-state index in [2.05, 4.69) is 0 Å². The van der Waals surface area contributed by atoms with Gasteiger partial charge in [-0.05, 0) is 41.0 Å². The quantitative estimate of drug-likeness (QED) is 0.849. The lowest BCUT2D eigenvalue weighted by Gasteiger charge is -2.37. The van der Waals surface area contributed by atoms with Crippen LogP contribution < -0.4 is 5.73 Å². The predicted molar refractivity (Wildman–Crippen MR) is 82.8 cm³/mol. The normalized spacial score (nSPS) is 24.2. The minimum Gasteiger partial charge on any atom is -0.444 e. The number of hydrogen-bond donors (Lipinski definition) is 1. The highest BCUT2D eigenvalue weighted by molar-refractivity contribution is 7.91. The van der Waals surface area contributed by atoms with Gasteiger partial charge in [0.1, 0.15) is 5.60 Å². The molecular weight excluding hydrogens is 292 g/mol. The van der Waals surface area contributed by atoms with Crippen molar-refractivity contribution < 1.29 is 17.9 Å². The maximum atomic E-state index is 12.1. The Hall–Kier alpha value is -0.820. The van der Waals surface area contributed by atoms with E-state index in [1.165, 1.54) is 0 Å². The van der Waals surface area contributed by atoms with Gasteiger partial charge in [0.15, 0.2) is 9.84 Å². The summed E-state index contributed by atoms with van der Waals surface area (Å²) in [5.74, 6) is -0.218. The van der Waals surface area contributed by atoms with E-state index in [0.29, 0.717) is 19.5 Å². The van der Waals surface area contributed by atoms with Crippen LogP contribution >= 0.6 is 0 Å². The van der Waals surface area contributed by atoms with Gasteiger partial charge in [0.2, 0.25) is 0 Å². The van der Waals surface area contributed by atoms with Gasteiger partial charge in [0.25, 0.3) is 0 Å². The van der Waals surface area contributed by atoms with Crippen LogP contribution in [-0.2, 0) is 14.6 Å². The molecule has 6 nitrogen and oxygen atoms in total. The number of likely N-dealkylation sites (tertiary alicyclic amines) is 1. The van der Waals surface area contributed by atoms with Crippen LogP contribution in [0.25, 0.3) is 0 Å². The standard InChI is InChI=1S/C14H28N2O4S/c1-10(2)21(18,19)9-11-8-16(7-6-12(11)15)13(17)20-14(3,4)5/h10-12H,6-9,15H2,1-5H3. The molecule has 1 rings (SSSR count). The molecule has 1 saturated heterocycles. The molecule has 2 unspecified atom stereocenters. The number of piperidine rings is 1. The smallest absolute Gasteiger partial charge is 0.410 e. The lowest BCUT2D eigenvalue weighted by atomic mass is 9.95. The first-order valence-corrected chi connectivity index (χ1v) is 9.09. The van der Waals surface area contributed by atoms with Gasteiger partial charge in [-0.25, -0.2) is 13.2 Å². The number of nitrogens with two attached hydrogens (primary N) is 1. The molecule has 0 bridgehead atoms. The molecule has 0 aliphatic carbocycles. The van der Waals surface area contributed by atoms with Crippen LogP contribution in [0.5, 0.6) is 0 Å². The van der Waals surface area contributed by atoms with Gasteiger partial charge < -0.3 is 15.4 Å². The van der Waals surface area contributed by atoms with E-state index in [9.17, 15) is 13.2 Å². The number of amides is 1. The summed E-state index contributed by atoms with van der Waals surface area (Å²) in [7, 11) is -3.17. The molecule has 2 atom stereocenters. The zero-order chi connectivity index (χ0) is 16.4. The first kappa shape index (κ1) is 18.2. The van der Waals surface area contributed by atoms with E-state index in [-0.39, 0.29) is 17.7 Å². The second kappa shape index (κ2) is 6.52. The van der Waals surface area contributed by atoms with Gasteiger partial charge >= 0.3 is 6.09 Å². The largest absolute Gasteiger partial charge is 0.444 e. The number of nitrogens with zero attached hydrogens (tertiary/aromatic N) is 1. The molecule has 0 spiro atoms. The summed E-state index contributed by atoms with van der Waals surface area (Å²) in [6.07, 6.45) is 0.193. The summed E-state index contributed by atoms with van der Waals surface area (Å²) in [4.78, 5) is 13.6. The Kier molecular flexibility index (Phi) is 5.66. The minimum atomic E-state index is -3.17. The third-order valence-electron chi connectivity index (χ3n) is 3.61. The SMILES string of the molecule is CC(C)S(=O)(=O)CC1CN(C(=O)OC(C)(C)C)CCC1N. The van der Waals surface area contributed by atoms with Crippen molar-refractivity contribution in [3.63, 3.8) is 0 Å². The molecule has 0 radical (unpaired) electrons. The van der Waals surface area contributed by atoms with Crippen LogP contribution in [-0.4, -0.2) is 55.1 Å². The molecule has 124 valence electrons. The van der Waals surface area contributed by atoms with Crippen LogP contribution in [0.4, 0.5) is 4.79 Å². The van der Waals surface area contributed by atoms with Gasteiger partial charge in [-0.15, -0.1) is 0 Å². The fourth-order valence-corrected chi connectivity index (χ4v) is 3.54. The van der Waals surface area contributed by atoms with Gasteiger partial charge in [-0.2, -0.15) is 0 Å². The molecule has 1 aliphatic heterocycles. The van der Waals surface area contributed by atoms with Crippen molar-refractivity contribution in [2.45, 2.75) is 57.9 Å². The molecule has 0 aromatic carbocycles. The molecule has 1 fully saturated rings. The molecule has 0 saturated carbocycles. The Balaban J connectivity index is 2.73. The second-order valence-electron chi connectivity index (χ2n) is 7.02. The molecular formula is C14H28N2O4S. The molecule has 0 aromatic rings. The molecule has 7 heteroatoms. The maximum absolute atomic E-state index is 12.1. The zero-order valence-corrected chi connectivity index (χ0v) is 14.4. The van der Waals surface area contributed by atoms with Crippen molar-refractivity contribution in [3.05, 3.63) is 0 Å². The minimum absolute atomic E-state index is 0.0190. The fourth-order valence-electron chi connectivity index (χ4n) is 2.21. The number of carbonyl (C=O) groups excluding carboxylic acids is 1. The lowest BCUT2D eigenvalue weighted by molar-refractivity contribution is 0.0160. The van der Waals surface area contributed by atoms with Gasteiger partial charge in [-0.3, -0.25) is 0 Å². The van der Waals surface area contributed by atoms with Crippen molar-refractivity contribution in [1.29, 1.82) is 0 Å². The van der Waals surface area contributed by atoms with Gasteiger partial charge in [0.05, 0.1) is 11.0 Å². The van der Waals surface area contributed by atoms with E-state index in [4.69, 9.17) is 10.5 Å². The Labute approximate surface area is 127 Å². The highest BCUT2D eigenvalue weighted by Crippen LogP contribution is 2.21. The molecule has 2 N–H and O–H groups in total. The third kappa shape index (κ3) is 5.47. The van der Waals surface area contributed by atoms with E-state index in [1.54, 1.807) is 39.5 Å². The van der Waals surface area contributed by atoms with Gasteiger partial charge in [0, 0.05) is 25.0 Å². The lowest BCUT2D eigenvalue weighted by Crippen LogP contribution is -2.52. The molecule has 1 aliphatic rings. The predicted octanol–water partition coefficient (Wildman–Crippen LogP) is 1.39. The number of hydrogen-bond acceptors (Lipinski definition) is 5. The Morgan fingerprint density at radius 2 is 1.95 bits per heavy atom. The van der Waals surface area contributed by atoms with Crippen LogP contribution in [0.2, 0.25) is 0 Å². The van der Waals surface area contributed by atoms with Crippen molar-refractivity contribution in [2.75, 3.05) is 18.8 Å². The summed E-state index contributed by atoms with van der Waals surface area (Å²) in [6.45, 7) is 9.59. The molecule has 21 heavy (non-hydrogen) atoms. The van der Waals surface area contributed by atoms with Crippen LogP contribution in [0.15, 0.2) is 0 Å². The van der Waals surface area contributed by atoms with Crippen molar-refractivity contribution in [2.24, 2.45) is 11.7 Å². The highest BCUT2D eigenvalue weighted by Gasteiger charge is 2.35. The number of rotatable bonds is 3. The average molecular weight is 320 g/mol. The molecule has 1 amide bonds. The van der Waals surface area contributed by atoms with E-state index in [1.807, 2.05) is 0 Å². The summed E-state index contributed by atoms with van der Waals surface area (Å²) >= 11 is 0. The van der Waals surface area contributed by atoms with E-state index >= 15 is 0 Å². The first-order chi connectivity index (χ1) is 9.42. The van der Waals surface area contributed by atoms with Crippen molar-refractivity contribution >= 4 is 15.9 Å². The zero-order valence-electron chi connectivity index (χ0n) is 13.6. The van der Waals surface area contributed by atoms with Crippen LogP contribution in [0.3, 0.4) is 0 Å². The van der Waals surface area contributed by atoms with E-state index < -0.39 is 26.8 Å². The highest BCUT2D eigenvalue weighted by atomic mass is 32.2. The topological polar surface area (TPSA) is 89.7 Å². The monoisotopic (exact) mass is 320 g/mol. The molecule has 1 heterocycles. The second-order valence-corrected chi connectivity index (χ2v) is 9.62. The fraction of sp³-hybridized carbons (Fsp3) is 0.929. The van der Waals surface area contributed by atoms with Gasteiger partial charge in [-0.1, -0.05) is 0 Å². The number of carbonyl (C=O) groups is 1. The van der Waals surface area contributed by atoms with Crippen LogP contribution in [0.1, 0.15) is 41.0 Å². The maximum Gasteiger partial charge on any atom is 0.410 e. The Bertz CT molecular complexity index is 468. The summed E-state index contributed by atoms with van der Waals surface area (Å²) < 4.78 is 29.5.